The van der Waals surface area contributed by atoms with Crippen LogP contribution in [0.3, 0.4) is 0 Å². The summed E-state index contributed by atoms with van der Waals surface area (Å²) in [7, 11) is 0. The summed E-state index contributed by atoms with van der Waals surface area (Å²) in [5, 5.41) is 5.39. The summed E-state index contributed by atoms with van der Waals surface area (Å²) in [4.78, 5) is 30.3. The predicted octanol–water partition coefficient (Wildman–Crippen LogP) is 7.52. The third-order valence-electron chi connectivity index (χ3n) is 6.42. The highest BCUT2D eigenvalue weighted by Gasteiger charge is 2.33. The molecule has 1 heterocycles. The minimum Gasteiger partial charge on any atom is -0.435 e. The standard InChI is InChI=1S/C32H24F3N3O3/c1-20-9-5-7-13-25(20)29(39)37-24-17-15-21(16-18-24)28-27(38-31(41-28)22-10-3-2-4-11-22)30(40)36-19-23-12-6-8-14-26(23)32(33,34)35/h2-18H,19H2,1H3,(H,36,40)(H,37,39). The topological polar surface area (TPSA) is 84.2 Å². The van der Waals surface area contributed by atoms with Crippen LogP contribution in [0.1, 0.15) is 37.5 Å². The molecule has 9 heteroatoms. The van der Waals surface area contributed by atoms with E-state index in [4.69, 9.17) is 4.42 Å². The van der Waals surface area contributed by atoms with Gasteiger partial charge in [0.05, 0.1) is 5.56 Å². The van der Waals surface area contributed by atoms with Crippen LogP contribution in [-0.4, -0.2) is 16.8 Å². The molecule has 2 amide bonds. The van der Waals surface area contributed by atoms with Gasteiger partial charge in [0.15, 0.2) is 11.5 Å². The Morgan fingerprint density at radius 3 is 2.15 bits per heavy atom. The number of nitrogens with zero attached hydrogens (tertiary/aromatic N) is 1. The molecule has 4 aromatic carbocycles. The molecule has 0 atom stereocenters. The van der Waals surface area contributed by atoms with Crippen molar-refractivity contribution in [3.8, 4) is 22.8 Å². The summed E-state index contributed by atoms with van der Waals surface area (Å²) in [6, 6.07) is 27.9. The van der Waals surface area contributed by atoms with Gasteiger partial charge < -0.3 is 15.1 Å². The lowest BCUT2D eigenvalue weighted by Gasteiger charge is -2.13. The Hall–Kier alpha value is -5.18. The predicted molar refractivity (Wildman–Crippen MR) is 149 cm³/mol. The van der Waals surface area contributed by atoms with E-state index in [-0.39, 0.29) is 35.4 Å². The van der Waals surface area contributed by atoms with Crippen LogP contribution in [0.15, 0.2) is 108 Å². The van der Waals surface area contributed by atoms with E-state index >= 15 is 0 Å². The number of carbonyl (C=O) groups excluding carboxylic acids is 2. The van der Waals surface area contributed by atoms with Crippen molar-refractivity contribution in [2.75, 3.05) is 5.32 Å². The SMILES string of the molecule is Cc1ccccc1C(=O)Nc1ccc(-c2oc(-c3ccccc3)nc2C(=O)NCc2ccccc2C(F)(F)F)cc1. The number of nitrogens with one attached hydrogen (secondary N) is 2. The molecular formula is C32H24F3N3O3. The second-order valence-electron chi connectivity index (χ2n) is 9.25. The number of aromatic nitrogens is 1. The van der Waals surface area contributed by atoms with Gasteiger partial charge in [-0.25, -0.2) is 4.98 Å². The van der Waals surface area contributed by atoms with Crippen molar-refractivity contribution in [3.63, 3.8) is 0 Å². The fourth-order valence-corrected chi connectivity index (χ4v) is 4.32. The lowest BCUT2D eigenvalue weighted by Crippen LogP contribution is -2.25. The molecule has 0 fully saturated rings. The number of hydrogen-bond acceptors (Lipinski definition) is 4. The molecule has 5 rings (SSSR count). The molecule has 206 valence electrons. The van der Waals surface area contributed by atoms with E-state index in [1.165, 1.54) is 18.2 Å². The van der Waals surface area contributed by atoms with Crippen LogP contribution in [0.2, 0.25) is 0 Å². The van der Waals surface area contributed by atoms with Crippen LogP contribution in [0, 0.1) is 6.92 Å². The first kappa shape index (κ1) is 27.4. The van der Waals surface area contributed by atoms with Crippen molar-refractivity contribution >= 4 is 17.5 Å². The summed E-state index contributed by atoms with van der Waals surface area (Å²) in [6.07, 6.45) is -4.56. The summed E-state index contributed by atoms with van der Waals surface area (Å²) in [5.41, 5.74) is 2.05. The molecule has 0 unspecified atom stereocenters. The smallest absolute Gasteiger partial charge is 0.416 e. The van der Waals surface area contributed by atoms with Crippen LogP contribution in [-0.2, 0) is 12.7 Å². The molecule has 1 aromatic heterocycles. The Morgan fingerprint density at radius 1 is 0.780 bits per heavy atom. The first-order valence-electron chi connectivity index (χ1n) is 12.7. The van der Waals surface area contributed by atoms with Gasteiger partial charge in [-0.3, -0.25) is 9.59 Å². The van der Waals surface area contributed by atoms with Crippen molar-refractivity contribution in [1.29, 1.82) is 0 Å². The average molecular weight is 556 g/mol. The van der Waals surface area contributed by atoms with Gasteiger partial charge in [-0.15, -0.1) is 0 Å². The molecule has 5 aromatic rings. The maximum absolute atomic E-state index is 13.4. The molecule has 6 nitrogen and oxygen atoms in total. The molecule has 0 bridgehead atoms. The molecule has 0 saturated carbocycles. The van der Waals surface area contributed by atoms with E-state index in [2.05, 4.69) is 15.6 Å². The zero-order chi connectivity index (χ0) is 29.0. The second-order valence-corrected chi connectivity index (χ2v) is 9.25. The number of aryl methyl sites for hydroxylation is 1. The lowest BCUT2D eigenvalue weighted by atomic mass is 10.1. The molecule has 2 N–H and O–H groups in total. The molecule has 0 spiro atoms. The summed E-state index contributed by atoms with van der Waals surface area (Å²) in [5.74, 6) is -0.637. The summed E-state index contributed by atoms with van der Waals surface area (Å²) in [6.45, 7) is 1.49. The first-order chi connectivity index (χ1) is 19.7. The lowest BCUT2D eigenvalue weighted by molar-refractivity contribution is -0.138. The van der Waals surface area contributed by atoms with Crippen LogP contribution in [0.25, 0.3) is 22.8 Å². The Kier molecular flexibility index (Phi) is 7.69. The molecule has 41 heavy (non-hydrogen) atoms. The number of hydrogen-bond donors (Lipinski definition) is 2. The van der Waals surface area contributed by atoms with Crippen molar-refractivity contribution in [2.45, 2.75) is 19.6 Å². The fourth-order valence-electron chi connectivity index (χ4n) is 4.32. The van der Waals surface area contributed by atoms with E-state index in [1.807, 2.05) is 25.1 Å². The number of benzene rings is 4. The minimum atomic E-state index is -4.56. The normalized spacial score (nSPS) is 11.2. The van der Waals surface area contributed by atoms with Crippen LogP contribution < -0.4 is 10.6 Å². The van der Waals surface area contributed by atoms with E-state index in [0.717, 1.165) is 11.6 Å². The van der Waals surface area contributed by atoms with Gasteiger partial charge in [0.25, 0.3) is 11.8 Å². The third kappa shape index (κ3) is 6.19. The highest BCUT2D eigenvalue weighted by Crippen LogP contribution is 2.33. The average Bonchev–Trinajstić information content (AvgIpc) is 3.42. The number of amides is 2. The molecule has 0 aliphatic rings. The second kappa shape index (κ2) is 11.5. The number of carbonyl (C=O) groups is 2. The highest BCUT2D eigenvalue weighted by molar-refractivity contribution is 6.05. The number of anilines is 1. The minimum absolute atomic E-state index is 0.0737. The maximum Gasteiger partial charge on any atom is 0.416 e. The van der Waals surface area contributed by atoms with Crippen LogP contribution in [0.5, 0.6) is 0 Å². The van der Waals surface area contributed by atoms with Crippen molar-refractivity contribution < 1.29 is 27.2 Å². The molecular weight excluding hydrogens is 531 g/mol. The van der Waals surface area contributed by atoms with Gasteiger partial charge in [-0.2, -0.15) is 13.2 Å². The van der Waals surface area contributed by atoms with E-state index in [1.54, 1.807) is 60.7 Å². The van der Waals surface area contributed by atoms with E-state index < -0.39 is 17.6 Å². The highest BCUT2D eigenvalue weighted by atomic mass is 19.4. The zero-order valence-electron chi connectivity index (χ0n) is 21.8. The van der Waals surface area contributed by atoms with Gasteiger partial charge in [0.2, 0.25) is 5.89 Å². The van der Waals surface area contributed by atoms with Crippen LogP contribution >= 0.6 is 0 Å². The molecule has 0 aliphatic heterocycles. The third-order valence-corrected chi connectivity index (χ3v) is 6.42. The van der Waals surface area contributed by atoms with Gasteiger partial charge in [-0.05, 0) is 66.6 Å². The Morgan fingerprint density at radius 2 is 1.44 bits per heavy atom. The monoisotopic (exact) mass is 555 g/mol. The number of oxazole rings is 1. The van der Waals surface area contributed by atoms with Crippen LogP contribution in [0.4, 0.5) is 18.9 Å². The summed E-state index contributed by atoms with van der Waals surface area (Å²) >= 11 is 0. The molecule has 0 aliphatic carbocycles. The summed E-state index contributed by atoms with van der Waals surface area (Å²) < 4.78 is 46.3. The number of halogens is 3. The van der Waals surface area contributed by atoms with Gasteiger partial charge in [0.1, 0.15) is 0 Å². The van der Waals surface area contributed by atoms with Gasteiger partial charge in [-0.1, -0.05) is 54.6 Å². The number of alkyl halides is 3. The molecule has 0 radical (unpaired) electrons. The van der Waals surface area contributed by atoms with Gasteiger partial charge >= 0.3 is 6.18 Å². The Bertz CT molecular complexity index is 1700. The van der Waals surface area contributed by atoms with Crippen molar-refractivity contribution in [2.24, 2.45) is 0 Å². The fraction of sp³-hybridized carbons (Fsp3) is 0.0938. The van der Waals surface area contributed by atoms with E-state index in [0.29, 0.717) is 22.4 Å². The van der Waals surface area contributed by atoms with Crippen molar-refractivity contribution in [1.82, 2.24) is 10.3 Å². The zero-order valence-corrected chi connectivity index (χ0v) is 21.8. The first-order valence-corrected chi connectivity index (χ1v) is 12.7. The Labute approximate surface area is 233 Å². The number of rotatable bonds is 7. The Balaban J connectivity index is 1.42. The van der Waals surface area contributed by atoms with Crippen molar-refractivity contribution in [3.05, 3.63) is 131 Å². The molecule has 0 saturated heterocycles. The largest absolute Gasteiger partial charge is 0.435 e. The maximum atomic E-state index is 13.4. The van der Waals surface area contributed by atoms with E-state index in [9.17, 15) is 22.8 Å². The quantitative estimate of drug-likeness (QED) is 0.218. The van der Waals surface area contributed by atoms with Gasteiger partial charge in [0, 0.05) is 28.9 Å².